The monoisotopic (exact) mass is 232 g/mol. The zero-order chi connectivity index (χ0) is 11.4. The summed E-state index contributed by atoms with van der Waals surface area (Å²) in [7, 11) is 0.0237. The van der Waals surface area contributed by atoms with E-state index in [2.05, 4.69) is 20.1 Å². The second-order valence-corrected chi connectivity index (χ2v) is 4.65. The number of rotatable bonds is 11. The molecule has 0 aromatic rings. The van der Waals surface area contributed by atoms with Gasteiger partial charge >= 0.3 is 7.12 Å². The smallest absolute Gasteiger partial charge is 0.411 e. The van der Waals surface area contributed by atoms with Crippen molar-refractivity contribution >= 4 is 18.9 Å². The number of thioether (sulfide) groups is 1. The van der Waals surface area contributed by atoms with Crippen molar-refractivity contribution in [2.24, 2.45) is 0 Å². The molecule has 2 nitrogen and oxygen atoms in total. The second kappa shape index (κ2) is 12.4. The van der Waals surface area contributed by atoms with E-state index in [9.17, 15) is 0 Å². The van der Waals surface area contributed by atoms with Gasteiger partial charge in [-0.25, -0.2) is 0 Å². The minimum absolute atomic E-state index is 0.0237. The predicted molar refractivity (Wildman–Crippen MR) is 70.7 cm³/mol. The van der Waals surface area contributed by atoms with E-state index in [1.54, 1.807) is 0 Å². The molecule has 4 heteroatoms. The van der Waals surface area contributed by atoms with Crippen LogP contribution in [0.1, 0.15) is 39.5 Å². The minimum Gasteiger partial charge on any atom is -0.411 e. The molecule has 90 valence electrons. The molecule has 0 fully saturated rings. The average molecular weight is 232 g/mol. The Morgan fingerprint density at radius 1 is 1.00 bits per heavy atom. The lowest BCUT2D eigenvalue weighted by Crippen LogP contribution is -2.24. The van der Waals surface area contributed by atoms with Gasteiger partial charge in [0.05, 0.1) is 0 Å². The van der Waals surface area contributed by atoms with Gasteiger partial charge in [-0.3, -0.25) is 0 Å². The molecule has 0 saturated heterocycles. The van der Waals surface area contributed by atoms with E-state index in [0.29, 0.717) is 0 Å². The maximum Gasteiger partial charge on any atom is 0.457 e. The van der Waals surface area contributed by atoms with Gasteiger partial charge in [0.2, 0.25) is 0 Å². The third-order valence-corrected chi connectivity index (χ3v) is 2.80. The van der Waals surface area contributed by atoms with Crippen LogP contribution in [-0.4, -0.2) is 32.3 Å². The van der Waals surface area contributed by atoms with Crippen LogP contribution in [0.25, 0.3) is 0 Å². The second-order valence-electron chi connectivity index (χ2n) is 3.66. The maximum absolute atomic E-state index is 5.70. The Morgan fingerprint density at radius 3 is 1.93 bits per heavy atom. The number of unbranched alkanes of at least 4 members (excludes halogenated alkanes) is 2. The Balaban J connectivity index is 3.53. The first-order valence-corrected chi connectivity index (χ1v) is 7.46. The molecule has 0 bridgehead atoms. The highest BCUT2D eigenvalue weighted by molar-refractivity contribution is 7.98. The Labute approximate surface area is 99.6 Å². The van der Waals surface area contributed by atoms with E-state index in [4.69, 9.17) is 9.31 Å². The van der Waals surface area contributed by atoms with Gasteiger partial charge in [0.25, 0.3) is 0 Å². The number of hydrogen-bond donors (Lipinski definition) is 0. The zero-order valence-electron chi connectivity index (χ0n) is 10.5. The van der Waals surface area contributed by atoms with Gasteiger partial charge in [-0.1, -0.05) is 26.7 Å². The van der Waals surface area contributed by atoms with Gasteiger partial charge in [-0.15, -0.1) is 0 Å². The summed E-state index contributed by atoms with van der Waals surface area (Å²) in [5.41, 5.74) is 0. The van der Waals surface area contributed by atoms with Crippen LogP contribution < -0.4 is 0 Å². The van der Waals surface area contributed by atoms with Crippen LogP contribution in [0.15, 0.2) is 0 Å². The molecule has 0 aliphatic carbocycles. The molecule has 0 aromatic heterocycles. The van der Waals surface area contributed by atoms with Crippen LogP contribution in [0, 0.1) is 0 Å². The van der Waals surface area contributed by atoms with Crippen LogP contribution in [0.4, 0.5) is 0 Å². The molecule has 0 aliphatic rings. The molecule has 0 amide bonds. The van der Waals surface area contributed by atoms with Gasteiger partial charge < -0.3 is 9.31 Å². The first-order chi connectivity index (χ1) is 7.35. The summed E-state index contributed by atoms with van der Waals surface area (Å²) in [6, 6.07) is 0. The molecule has 0 radical (unpaired) electrons. The molecule has 0 unspecified atom stereocenters. The molecule has 0 aliphatic heterocycles. The van der Waals surface area contributed by atoms with E-state index >= 15 is 0 Å². The van der Waals surface area contributed by atoms with Gasteiger partial charge in [-0.2, -0.15) is 11.8 Å². The molecule has 15 heavy (non-hydrogen) atoms. The van der Waals surface area contributed by atoms with Gasteiger partial charge in [-0.05, 0) is 31.2 Å². The van der Waals surface area contributed by atoms with Crippen molar-refractivity contribution < 1.29 is 9.31 Å². The van der Waals surface area contributed by atoms with Crippen LogP contribution in [-0.2, 0) is 9.31 Å². The maximum atomic E-state index is 5.70. The van der Waals surface area contributed by atoms with Crippen molar-refractivity contribution in [1.82, 2.24) is 0 Å². The normalized spacial score (nSPS) is 10.6. The minimum atomic E-state index is 0.0237. The lowest BCUT2D eigenvalue weighted by Gasteiger charge is -2.13. The summed E-state index contributed by atoms with van der Waals surface area (Å²) < 4.78 is 11.4. The first-order valence-electron chi connectivity index (χ1n) is 6.07. The quantitative estimate of drug-likeness (QED) is 0.401. The van der Waals surface area contributed by atoms with Crippen molar-refractivity contribution in [2.75, 3.05) is 25.2 Å². The fraction of sp³-hybridized carbons (Fsp3) is 1.00. The highest BCUT2D eigenvalue weighted by Gasteiger charge is 2.16. The van der Waals surface area contributed by atoms with Crippen molar-refractivity contribution in [2.45, 2.75) is 45.9 Å². The summed E-state index contributed by atoms with van der Waals surface area (Å²) in [6.07, 6.45) is 7.76. The SMILES string of the molecule is CCCCOB(CCSC)OCCCC. The molecular formula is C11H25BO2S. The van der Waals surface area contributed by atoms with Crippen LogP contribution in [0.5, 0.6) is 0 Å². The number of hydrogen-bond acceptors (Lipinski definition) is 3. The lowest BCUT2D eigenvalue weighted by molar-refractivity contribution is 0.192. The summed E-state index contributed by atoms with van der Waals surface area (Å²) in [4.78, 5) is 0. The standard InChI is InChI=1S/C11H25BO2S/c1-4-6-9-13-12(8-11-15-3)14-10-7-5-2/h4-11H2,1-3H3. The molecule has 0 heterocycles. The Bertz CT molecular complexity index is 115. The van der Waals surface area contributed by atoms with Crippen LogP contribution >= 0.6 is 11.8 Å². The zero-order valence-corrected chi connectivity index (χ0v) is 11.3. The highest BCUT2D eigenvalue weighted by atomic mass is 32.2. The molecule has 0 saturated carbocycles. The van der Waals surface area contributed by atoms with Gasteiger partial charge in [0.15, 0.2) is 0 Å². The van der Waals surface area contributed by atoms with E-state index in [1.165, 1.54) is 12.8 Å². The van der Waals surface area contributed by atoms with E-state index in [1.807, 2.05) is 11.8 Å². The molecule has 0 rings (SSSR count). The topological polar surface area (TPSA) is 18.5 Å². The Hall–Kier alpha value is 0.335. The lowest BCUT2D eigenvalue weighted by atomic mass is 9.85. The first kappa shape index (κ1) is 15.3. The largest absolute Gasteiger partial charge is 0.457 e. The van der Waals surface area contributed by atoms with Gasteiger partial charge in [0.1, 0.15) is 0 Å². The Kier molecular flexibility index (Phi) is 12.7. The summed E-state index contributed by atoms with van der Waals surface area (Å²) in [5.74, 6) is 1.11. The third kappa shape index (κ3) is 10.6. The Morgan fingerprint density at radius 2 is 1.53 bits per heavy atom. The van der Waals surface area contributed by atoms with Crippen LogP contribution in [0.3, 0.4) is 0 Å². The molecule has 0 aromatic carbocycles. The molecule has 0 atom stereocenters. The van der Waals surface area contributed by atoms with E-state index in [0.717, 1.165) is 38.1 Å². The fourth-order valence-electron chi connectivity index (χ4n) is 1.15. The average Bonchev–Trinajstić information content (AvgIpc) is 2.25. The van der Waals surface area contributed by atoms with E-state index < -0.39 is 0 Å². The van der Waals surface area contributed by atoms with Crippen molar-refractivity contribution in [3.8, 4) is 0 Å². The molecular weight excluding hydrogens is 207 g/mol. The highest BCUT2D eigenvalue weighted by Crippen LogP contribution is 2.06. The summed E-state index contributed by atoms with van der Waals surface area (Å²) in [6.45, 7) is 6.03. The molecule has 0 N–H and O–H groups in total. The van der Waals surface area contributed by atoms with Crippen LogP contribution in [0.2, 0.25) is 6.32 Å². The van der Waals surface area contributed by atoms with Crippen molar-refractivity contribution in [3.05, 3.63) is 0 Å². The predicted octanol–water partition coefficient (Wildman–Crippen LogP) is 3.47. The fourth-order valence-corrected chi connectivity index (χ4v) is 1.58. The summed E-state index contributed by atoms with van der Waals surface area (Å²) >= 11 is 1.85. The third-order valence-electron chi connectivity index (χ3n) is 2.16. The van der Waals surface area contributed by atoms with Crippen molar-refractivity contribution in [1.29, 1.82) is 0 Å². The summed E-state index contributed by atoms with van der Waals surface area (Å²) in [5, 5.41) is 0. The van der Waals surface area contributed by atoms with E-state index in [-0.39, 0.29) is 7.12 Å². The van der Waals surface area contributed by atoms with Gasteiger partial charge in [0, 0.05) is 13.2 Å². The molecule has 0 spiro atoms. The van der Waals surface area contributed by atoms with Crippen molar-refractivity contribution in [3.63, 3.8) is 0 Å².